The first-order valence-electron chi connectivity index (χ1n) is 6.59. The molecule has 2 rings (SSSR count). The number of likely N-dealkylation sites (tertiary alicyclic amines) is 1. The molecule has 0 unspecified atom stereocenters. The van der Waals surface area contributed by atoms with Gasteiger partial charge >= 0.3 is 0 Å². The summed E-state index contributed by atoms with van der Waals surface area (Å²) in [6, 6.07) is 2.69. The Morgan fingerprint density at radius 3 is 2.68 bits per heavy atom. The van der Waals surface area contributed by atoms with Crippen LogP contribution < -0.4 is 5.32 Å². The van der Waals surface area contributed by atoms with Crippen LogP contribution in [0.4, 0.5) is 8.78 Å². The van der Waals surface area contributed by atoms with E-state index in [2.05, 4.69) is 33.2 Å². The maximum Gasteiger partial charge on any atom is 0.144 e. The normalized spacial score (nSPS) is 17.9. The molecule has 2 nitrogen and oxygen atoms in total. The van der Waals surface area contributed by atoms with Crippen LogP contribution in [0.2, 0.25) is 0 Å². The number of nitrogens with zero attached hydrogens (tertiary/aromatic N) is 1. The maximum absolute atomic E-state index is 13.7. The molecule has 1 aliphatic rings. The smallest absolute Gasteiger partial charge is 0.144 e. The number of halogens is 3. The van der Waals surface area contributed by atoms with Crippen molar-refractivity contribution >= 4 is 15.9 Å². The van der Waals surface area contributed by atoms with Crippen LogP contribution in [-0.4, -0.2) is 31.6 Å². The van der Waals surface area contributed by atoms with Crippen LogP contribution in [0.5, 0.6) is 0 Å². The van der Waals surface area contributed by atoms with E-state index in [1.54, 1.807) is 0 Å². The second-order valence-electron chi connectivity index (χ2n) is 5.20. The topological polar surface area (TPSA) is 15.3 Å². The van der Waals surface area contributed by atoms with E-state index in [-0.39, 0.29) is 12.1 Å². The fraction of sp³-hybridized carbons (Fsp3) is 0.571. The third-order valence-corrected chi connectivity index (χ3v) is 4.32. The van der Waals surface area contributed by atoms with E-state index in [1.165, 1.54) is 12.1 Å². The first kappa shape index (κ1) is 14.9. The third kappa shape index (κ3) is 3.97. The molecule has 0 spiro atoms. The standard InChI is InChI=1S/C14H19BrF2N2/c1-19-6-4-10(5-7-19)8-18-9-11-13(16)3-2-12(15)14(11)17/h2-3,10,18H,4-9H2,1H3. The van der Waals surface area contributed by atoms with Crippen molar-refractivity contribution in [2.24, 2.45) is 5.92 Å². The zero-order valence-corrected chi connectivity index (χ0v) is 12.6. The first-order chi connectivity index (χ1) is 9.08. The molecule has 1 heterocycles. The Morgan fingerprint density at radius 2 is 2.00 bits per heavy atom. The van der Waals surface area contributed by atoms with Gasteiger partial charge in [-0.1, -0.05) is 0 Å². The SMILES string of the molecule is CN1CCC(CNCc2c(F)ccc(Br)c2F)CC1. The molecule has 0 atom stereocenters. The highest BCUT2D eigenvalue weighted by Gasteiger charge is 2.17. The molecule has 0 saturated carbocycles. The molecular formula is C14H19BrF2N2. The fourth-order valence-electron chi connectivity index (χ4n) is 2.40. The molecule has 1 fully saturated rings. The van der Waals surface area contributed by atoms with E-state index in [9.17, 15) is 8.78 Å². The lowest BCUT2D eigenvalue weighted by Gasteiger charge is -2.29. The number of hydrogen-bond acceptors (Lipinski definition) is 2. The van der Waals surface area contributed by atoms with Crippen LogP contribution in [0.3, 0.4) is 0 Å². The van der Waals surface area contributed by atoms with Crippen LogP contribution in [0.1, 0.15) is 18.4 Å². The molecule has 0 aromatic heterocycles. The molecule has 1 N–H and O–H groups in total. The Bertz CT molecular complexity index is 432. The third-order valence-electron chi connectivity index (χ3n) is 3.71. The van der Waals surface area contributed by atoms with E-state index in [0.717, 1.165) is 32.5 Å². The van der Waals surface area contributed by atoms with Gasteiger partial charge in [-0.15, -0.1) is 0 Å². The zero-order valence-electron chi connectivity index (χ0n) is 11.1. The molecule has 0 radical (unpaired) electrons. The lowest BCUT2D eigenvalue weighted by Crippen LogP contribution is -2.35. The van der Waals surface area contributed by atoms with Crippen LogP contribution in [-0.2, 0) is 6.54 Å². The summed E-state index contributed by atoms with van der Waals surface area (Å²) in [5.41, 5.74) is 0.113. The molecule has 1 aromatic rings. The van der Waals surface area contributed by atoms with E-state index in [4.69, 9.17) is 0 Å². The fourth-order valence-corrected chi connectivity index (χ4v) is 2.77. The summed E-state index contributed by atoms with van der Waals surface area (Å²) >= 11 is 3.08. The molecule has 0 aliphatic carbocycles. The highest BCUT2D eigenvalue weighted by Crippen LogP contribution is 2.22. The van der Waals surface area contributed by atoms with Crippen LogP contribution in [0.25, 0.3) is 0 Å². The lowest BCUT2D eigenvalue weighted by molar-refractivity contribution is 0.215. The van der Waals surface area contributed by atoms with Crippen molar-refractivity contribution in [3.05, 3.63) is 33.8 Å². The molecular weight excluding hydrogens is 314 g/mol. The summed E-state index contributed by atoms with van der Waals surface area (Å²) in [4.78, 5) is 2.31. The van der Waals surface area contributed by atoms with Gasteiger partial charge in [-0.05, 0) is 73.5 Å². The van der Waals surface area contributed by atoms with E-state index < -0.39 is 11.6 Å². The van der Waals surface area contributed by atoms with Gasteiger partial charge in [0.15, 0.2) is 0 Å². The molecule has 1 aliphatic heterocycles. The predicted molar refractivity (Wildman–Crippen MR) is 76.0 cm³/mol. The molecule has 1 saturated heterocycles. The van der Waals surface area contributed by atoms with Gasteiger partial charge < -0.3 is 10.2 Å². The molecule has 1 aromatic carbocycles. The molecule has 19 heavy (non-hydrogen) atoms. The largest absolute Gasteiger partial charge is 0.312 e. The second kappa shape index (κ2) is 6.77. The predicted octanol–water partition coefficient (Wildman–Crippen LogP) is 3.16. The molecule has 0 bridgehead atoms. The van der Waals surface area contributed by atoms with Crippen molar-refractivity contribution in [2.45, 2.75) is 19.4 Å². The van der Waals surface area contributed by atoms with E-state index in [0.29, 0.717) is 10.4 Å². The average molecular weight is 333 g/mol. The zero-order chi connectivity index (χ0) is 13.8. The second-order valence-corrected chi connectivity index (χ2v) is 6.05. The van der Waals surface area contributed by atoms with Crippen LogP contribution in [0.15, 0.2) is 16.6 Å². The Labute approximate surface area is 121 Å². The highest BCUT2D eigenvalue weighted by atomic mass is 79.9. The summed E-state index contributed by atoms with van der Waals surface area (Å²) in [5, 5.41) is 3.18. The van der Waals surface area contributed by atoms with Crippen LogP contribution >= 0.6 is 15.9 Å². The minimum Gasteiger partial charge on any atom is -0.312 e. The Balaban J connectivity index is 1.84. The Kier molecular flexibility index (Phi) is 5.30. The Morgan fingerprint density at radius 1 is 1.32 bits per heavy atom. The van der Waals surface area contributed by atoms with Gasteiger partial charge in [0, 0.05) is 12.1 Å². The van der Waals surface area contributed by atoms with Crippen molar-refractivity contribution in [1.82, 2.24) is 10.2 Å². The van der Waals surface area contributed by atoms with Gasteiger partial charge in [-0.2, -0.15) is 0 Å². The summed E-state index contributed by atoms with van der Waals surface area (Å²) in [5.74, 6) is -0.387. The quantitative estimate of drug-likeness (QED) is 0.852. The minimum absolute atomic E-state index is 0.113. The van der Waals surface area contributed by atoms with Crippen molar-refractivity contribution in [3.8, 4) is 0 Å². The van der Waals surface area contributed by atoms with Gasteiger partial charge in [-0.3, -0.25) is 0 Å². The van der Waals surface area contributed by atoms with E-state index in [1.807, 2.05) is 0 Å². The lowest BCUT2D eigenvalue weighted by atomic mass is 9.97. The van der Waals surface area contributed by atoms with Gasteiger partial charge in [0.05, 0.1) is 4.47 Å². The summed E-state index contributed by atoms with van der Waals surface area (Å²) in [6.07, 6.45) is 2.29. The summed E-state index contributed by atoms with van der Waals surface area (Å²) < 4.78 is 27.6. The number of nitrogens with one attached hydrogen (secondary N) is 1. The molecule has 0 amide bonds. The molecule has 106 valence electrons. The van der Waals surface area contributed by atoms with Gasteiger partial charge in [0.2, 0.25) is 0 Å². The van der Waals surface area contributed by atoms with Crippen molar-refractivity contribution in [2.75, 3.05) is 26.7 Å². The van der Waals surface area contributed by atoms with Gasteiger partial charge in [0.1, 0.15) is 11.6 Å². The monoisotopic (exact) mass is 332 g/mol. The number of piperidine rings is 1. The molecule has 5 heteroatoms. The summed E-state index contributed by atoms with van der Waals surface area (Å²) in [6.45, 7) is 3.26. The number of rotatable bonds is 4. The maximum atomic E-state index is 13.7. The number of hydrogen-bond donors (Lipinski definition) is 1. The van der Waals surface area contributed by atoms with Crippen molar-refractivity contribution in [3.63, 3.8) is 0 Å². The van der Waals surface area contributed by atoms with E-state index >= 15 is 0 Å². The summed E-state index contributed by atoms with van der Waals surface area (Å²) in [7, 11) is 2.12. The van der Waals surface area contributed by atoms with Gasteiger partial charge in [-0.25, -0.2) is 8.78 Å². The Hall–Kier alpha value is -0.520. The van der Waals surface area contributed by atoms with Crippen molar-refractivity contribution in [1.29, 1.82) is 0 Å². The van der Waals surface area contributed by atoms with Gasteiger partial charge in [0.25, 0.3) is 0 Å². The first-order valence-corrected chi connectivity index (χ1v) is 7.39. The average Bonchev–Trinajstić information content (AvgIpc) is 2.40. The number of benzene rings is 1. The van der Waals surface area contributed by atoms with Crippen LogP contribution in [0, 0.1) is 17.6 Å². The highest BCUT2D eigenvalue weighted by molar-refractivity contribution is 9.10. The van der Waals surface area contributed by atoms with Crippen molar-refractivity contribution < 1.29 is 8.78 Å². The minimum atomic E-state index is -0.504.